The quantitative estimate of drug-likeness (QED) is 0.736. The fourth-order valence-electron chi connectivity index (χ4n) is 1.74. The van der Waals surface area contributed by atoms with Crippen LogP contribution in [0.5, 0.6) is 0 Å². The van der Waals surface area contributed by atoms with E-state index < -0.39 is 28.6 Å². The van der Waals surface area contributed by atoms with Crippen LogP contribution < -0.4 is 0 Å². The second-order valence-corrected chi connectivity index (χ2v) is 6.18. The van der Waals surface area contributed by atoms with Crippen LogP contribution >= 0.6 is 0 Å². The molecule has 1 unspecified atom stereocenters. The number of ether oxygens (including phenoxy) is 1. The zero-order valence-electron chi connectivity index (χ0n) is 11.5. The van der Waals surface area contributed by atoms with Gasteiger partial charge in [-0.3, -0.25) is 4.79 Å². The summed E-state index contributed by atoms with van der Waals surface area (Å²) in [5, 5.41) is 9.33. The van der Waals surface area contributed by atoms with Crippen molar-refractivity contribution in [1.29, 1.82) is 0 Å². The SMILES string of the molecule is CCOC(=O)C(CO)N(Cc1ccccc1)S(C)(=O)=O. The monoisotopic (exact) mass is 301 g/mol. The number of hydrogen-bond donors (Lipinski definition) is 1. The topological polar surface area (TPSA) is 83.9 Å². The molecule has 20 heavy (non-hydrogen) atoms. The Morgan fingerprint density at radius 3 is 2.40 bits per heavy atom. The lowest BCUT2D eigenvalue weighted by Crippen LogP contribution is -2.47. The first-order chi connectivity index (χ1) is 9.40. The molecule has 0 aliphatic heterocycles. The van der Waals surface area contributed by atoms with E-state index in [9.17, 15) is 18.3 Å². The third-order valence-corrected chi connectivity index (χ3v) is 3.92. The van der Waals surface area contributed by atoms with Crippen molar-refractivity contribution in [2.75, 3.05) is 19.5 Å². The number of aliphatic hydroxyl groups is 1. The van der Waals surface area contributed by atoms with Crippen LogP contribution in [0.1, 0.15) is 12.5 Å². The molecule has 1 rings (SSSR count). The number of sulfonamides is 1. The van der Waals surface area contributed by atoms with Crippen molar-refractivity contribution in [3.8, 4) is 0 Å². The van der Waals surface area contributed by atoms with E-state index in [1.807, 2.05) is 6.07 Å². The van der Waals surface area contributed by atoms with Gasteiger partial charge in [0, 0.05) is 6.54 Å². The highest BCUT2D eigenvalue weighted by Gasteiger charge is 2.33. The van der Waals surface area contributed by atoms with Gasteiger partial charge >= 0.3 is 5.97 Å². The van der Waals surface area contributed by atoms with Crippen molar-refractivity contribution >= 4 is 16.0 Å². The second-order valence-electron chi connectivity index (χ2n) is 4.24. The maximum Gasteiger partial charge on any atom is 0.326 e. The van der Waals surface area contributed by atoms with Crippen molar-refractivity contribution in [2.24, 2.45) is 0 Å². The Morgan fingerprint density at radius 1 is 1.35 bits per heavy atom. The van der Waals surface area contributed by atoms with Crippen LogP contribution in [0.3, 0.4) is 0 Å². The molecule has 1 aromatic carbocycles. The van der Waals surface area contributed by atoms with E-state index >= 15 is 0 Å². The van der Waals surface area contributed by atoms with E-state index in [1.165, 1.54) is 0 Å². The van der Waals surface area contributed by atoms with Crippen LogP contribution in [-0.4, -0.2) is 49.3 Å². The molecule has 0 aliphatic carbocycles. The summed E-state index contributed by atoms with van der Waals surface area (Å²) in [6, 6.07) is 7.62. The maximum absolute atomic E-state index is 11.9. The van der Waals surface area contributed by atoms with Crippen LogP contribution in [0.15, 0.2) is 30.3 Å². The molecular formula is C13H19NO5S. The number of benzene rings is 1. The molecule has 0 saturated carbocycles. The molecule has 0 aromatic heterocycles. The number of hydrogen-bond acceptors (Lipinski definition) is 5. The third-order valence-electron chi connectivity index (χ3n) is 2.69. The molecule has 0 saturated heterocycles. The highest BCUT2D eigenvalue weighted by Crippen LogP contribution is 2.13. The van der Waals surface area contributed by atoms with E-state index in [-0.39, 0.29) is 13.2 Å². The number of carbonyl (C=O) groups is 1. The molecule has 0 spiro atoms. The highest BCUT2D eigenvalue weighted by molar-refractivity contribution is 7.88. The third kappa shape index (κ3) is 4.59. The smallest absolute Gasteiger partial charge is 0.326 e. The van der Waals surface area contributed by atoms with E-state index in [0.29, 0.717) is 0 Å². The summed E-state index contributed by atoms with van der Waals surface area (Å²) >= 11 is 0. The number of esters is 1. The molecule has 6 nitrogen and oxygen atoms in total. The molecule has 0 heterocycles. The summed E-state index contributed by atoms with van der Waals surface area (Å²) in [7, 11) is -3.67. The molecule has 7 heteroatoms. The Labute approximate surface area is 119 Å². The first kappa shape index (κ1) is 16.6. The summed E-state index contributed by atoms with van der Waals surface area (Å²) in [5.41, 5.74) is 0.723. The number of carbonyl (C=O) groups excluding carboxylic acids is 1. The van der Waals surface area contributed by atoms with Gasteiger partial charge in [0.1, 0.15) is 6.04 Å². The van der Waals surface area contributed by atoms with Gasteiger partial charge in [0.05, 0.1) is 19.5 Å². The van der Waals surface area contributed by atoms with Crippen LogP contribution in [0.2, 0.25) is 0 Å². The Kier molecular flexibility index (Phi) is 6.12. The van der Waals surface area contributed by atoms with E-state index in [2.05, 4.69) is 0 Å². The van der Waals surface area contributed by atoms with Crippen LogP contribution in [0.25, 0.3) is 0 Å². The largest absolute Gasteiger partial charge is 0.465 e. The van der Waals surface area contributed by atoms with Crippen LogP contribution in [0.4, 0.5) is 0 Å². The summed E-state index contributed by atoms with van der Waals surface area (Å²) in [6.45, 7) is 1.12. The normalized spacial score (nSPS) is 13.2. The molecular weight excluding hydrogens is 282 g/mol. The van der Waals surface area contributed by atoms with E-state index in [1.54, 1.807) is 31.2 Å². The Balaban J connectivity index is 3.03. The van der Waals surface area contributed by atoms with Crippen molar-refractivity contribution < 1.29 is 23.1 Å². The molecule has 1 N–H and O–H groups in total. The average Bonchev–Trinajstić information content (AvgIpc) is 2.39. The minimum absolute atomic E-state index is 0.00368. The van der Waals surface area contributed by atoms with Gasteiger partial charge in [0.15, 0.2) is 0 Å². The zero-order chi connectivity index (χ0) is 15.2. The van der Waals surface area contributed by atoms with Crippen molar-refractivity contribution in [1.82, 2.24) is 4.31 Å². The summed E-state index contributed by atoms with van der Waals surface area (Å²) in [4.78, 5) is 11.8. The van der Waals surface area contributed by atoms with Gasteiger partial charge < -0.3 is 9.84 Å². The second kappa shape index (κ2) is 7.37. The molecule has 0 bridgehead atoms. The van der Waals surface area contributed by atoms with Gasteiger partial charge in [-0.25, -0.2) is 8.42 Å². The predicted octanol–water partition coefficient (Wildman–Crippen LogP) is 0.372. The number of nitrogens with zero attached hydrogens (tertiary/aromatic N) is 1. The molecule has 112 valence electrons. The van der Waals surface area contributed by atoms with Gasteiger partial charge in [-0.15, -0.1) is 0 Å². The van der Waals surface area contributed by atoms with Gasteiger partial charge in [-0.1, -0.05) is 30.3 Å². The zero-order valence-corrected chi connectivity index (χ0v) is 12.3. The summed E-state index contributed by atoms with van der Waals surface area (Å²) in [6.07, 6.45) is 0.998. The first-order valence-electron chi connectivity index (χ1n) is 6.18. The maximum atomic E-state index is 11.9. The average molecular weight is 301 g/mol. The minimum atomic E-state index is -3.67. The summed E-state index contributed by atoms with van der Waals surface area (Å²) < 4.78 is 29.5. The van der Waals surface area contributed by atoms with Gasteiger partial charge in [-0.05, 0) is 12.5 Å². The lowest BCUT2D eigenvalue weighted by Gasteiger charge is -2.26. The van der Waals surface area contributed by atoms with Crippen LogP contribution in [-0.2, 0) is 26.1 Å². The Hall–Kier alpha value is -1.44. The Bertz CT molecular complexity index is 529. The van der Waals surface area contributed by atoms with E-state index in [4.69, 9.17) is 4.74 Å². The molecule has 0 aliphatic rings. The lowest BCUT2D eigenvalue weighted by molar-refractivity contribution is -0.149. The number of aliphatic hydroxyl groups excluding tert-OH is 1. The molecule has 0 amide bonds. The fourth-order valence-corrected chi connectivity index (χ4v) is 2.74. The van der Waals surface area contributed by atoms with Gasteiger partial charge in [-0.2, -0.15) is 4.31 Å². The first-order valence-corrected chi connectivity index (χ1v) is 8.03. The predicted molar refractivity (Wildman–Crippen MR) is 74.3 cm³/mol. The number of rotatable bonds is 7. The van der Waals surface area contributed by atoms with Crippen LogP contribution in [0, 0.1) is 0 Å². The molecule has 0 radical (unpaired) electrons. The molecule has 1 aromatic rings. The van der Waals surface area contributed by atoms with Gasteiger partial charge in [0.25, 0.3) is 0 Å². The molecule has 1 atom stereocenters. The highest BCUT2D eigenvalue weighted by atomic mass is 32.2. The van der Waals surface area contributed by atoms with Crippen molar-refractivity contribution in [3.05, 3.63) is 35.9 Å². The van der Waals surface area contributed by atoms with Gasteiger partial charge in [0.2, 0.25) is 10.0 Å². The van der Waals surface area contributed by atoms with Crippen molar-refractivity contribution in [2.45, 2.75) is 19.5 Å². The fraction of sp³-hybridized carbons (Fsp3) is 0.462. The lowest BCUT2D eigenvalue weighted by atomic mass is 10.2. The van der Waals surface area contributed by atoms with E-state index in [0.717, 1.165) is 16.1 Å². The standard InChI is InChI=1S/C13H19NO5S/c1-3-19-13(16)12(10-15)14(20(2,17)18)9-11-7-5-4-6-8-11/h4-8,12,15H,3,9-10H2,1-2H3. The van der Waals surface area contributed by atoms with Crippen molar-refractivity contribution in [3.63, 3.8) is 0 Å². The molecule has 0 fully saturated rings. The Morgan fingerprint density at radius 2 is 1.95 bits per heavy atom. The summed E-state index contributed by atoms with van der Waals surface area (Å²) in [5.74, 6) is -0.753. The minimum Gasteiger partial charge on any atom is -0.465 e.